The molecule has 13 nitrogen and oxygen atoms in total. The second-order valence-corrected chi connectivity index (χ2v) is 22.0. The fourth-order valence-corrected chi connectivity index (χ4v) is 12.5. The number of nitrogens with two attached hydrogens (primary N) is 1. The van der Waals surface area contributed by atoms with Gasteiger partial charge in [0, 0.05) is 73.2 Å². The number of allylic oxidation sites excluding steroid dienone is 4. The third-order valence-corrected chi connectivity index (χ3v) is 16.6. The number of benzene rings is 5. The number of hydrogen-bond donors (Lipinski definition) is 7. The van der Waals surface area contributed by atoms with Crippen LogP contribution in [0.15, 0.2) is 113 Å². The van der Waals surface area contributed by atoms with E-state index in [-0.39, 0.29) is 66.0 Å². The van der Waals surface area contributed by atoms with E-state index in [1.54, 1.807) is 20.2 Å². The van der Waals surface area contributed by atoms with Gasteiger partial charge in [-0.3, -0.25) is 9.79 Å². The van der Waals surface area contributed by atoms with Crippen LogP contribution in [0, 0.1) is 29.8 Å². The summed E-state index contributed by atoms with van der Waals surface area (Å²) in [6, 6.07) is 26.0. The number of ether oxygens (including phenoxy) is 4. The highest BCUT2D eigenvalue weighted by Crippen LogP contribution is 2.51. The number of anilines is 1. The van der Waals surface area contributed by atoms with Crippen molar-refractivity contribution >= 4 is 34.3 Å². The minimum absolute atomic E-state index is 0.00882. The number of carbonyl (C=O) groups is 1. The van der Waals surface area contributed by atoms with Gasteiger partial charge in [0.25, 0.3) is 0 Å². The predicted molar refractivity (Wildman–Crippen MR) is 317 cm³/mol. The lowest BCUT2D eigenvalue weighted by atomic mass is 9.70. The maximum absolute atomic E-state index is 14.4. The van der Waals surface area contributed by atoms with Crippen LogP contribution < -0.4 is 25.8 Å². The van der Waals surface area contributed by atoms with E-state index in [9.17, 15) is 25.2 Å². The Kier molecular flexibility index (Phi) is 19.4. The number of aliphatic imine (C=N–C) groups is 1. The molecule has 4 aliphatic heterocycles. The number of aliphatic hydroxyl groups is 3. The van der Waals surface area contributed by atoms with E-state index in [1.165, 1.54) is 5.56 Å². The first-order valence-electron chi connectivity index (χ1n) is 28.8. The van der Waals surface area contributed by atoms with E-state index in [4.69, 9.17) is 24.7 Å². The van der Waals surface area contributed by atoms with Gasteiger partial charge in [-0.2, -0.15) is 0 Å². The monoisotopic (exact) mass is 1080 g/mol. The largest absolute Gasteiger partial charge is 0.508 e. The molecule has 7 unspecified atom stereocenters. The number of nitrogens with zero attached hydrogens (tertiary/aromatic N) is 1. The lowest BCUT2D eigenvalue weighted by Crippen LogP contribution is -2.31. The lowest BCUT2D eigenvalue weighted by molar-refractivity contribution is -0.121. The number of methoxy groups -OCH3 is 1. The van der Waals surface area contributed by atoms with Crippen molar-refractivity contribution in [2.75, 3.05) is 45.8 Å². The lowest BCUT2D eigenvalue weighted by Gasteiger charge is -2.35. The predicted octanol–water partition coefficient (Wildman–Crippen LogP) is 11.7. The Labute approximate surface area is 472 Å². The number of ketones is 1. The Bertz CT molecular complexity index is 3200. The van der Waals surface area contributed by atoms with Gasteiger partial charge in [-0.25, -0.2) is 0 Å². The summed E-state index contributed by atoms with van der Waals surface area (Å²) in [7, 11) is 3.23. The van der Waals surface area contributed by atoms with E-state index in [0.29, 0.717) is 79.4 Å². The Morgan fingerprint density at radius 2 is 1.79 bits per heavy atom. The zero-order valence-electron chi connectivity index (χ0n) is 47.1. The van der Waals surface area contributed by atoms with Gasteiger partial charge >= 0.3 is 0 Å². The van der Waals surface area contributed by atoms with Crippen LogP contribution in [-0.2, 0) is 40.1 Å². The van der Waals surface area contributed by atoms with Crippen LogP contribution in [0.2, 0.25) is 0 Å². The molecule has 0 saturated heterocycles. The second kappa shape index (κ2) is 26.9. The van der Waals surface area contributed by atoms with Gasteiger partial charge in [0.2, 0.25) is 0 Å². The molecule has 0 saturated carbocycles. The molecule has 0 fully saturated rings. The zero-order valence-corrected chi connectivity index (χ0v) is 47.1. The normalized spacial score (nSPS) is 22.0. The van der Waals surface area contributed by atoms with Crippen LogP contribution in [0.5, 0.6) is 17.2 Å². The highest BCUT2D eigenvalue weighted by Gasteiger charge is 2.38. The summed E-state index contributed by atoms with van der Waals surface area (Å²) in [4.78, 5) is 18.4. The highest BCUT2D eigenvalue weighted by atomic mass is 16.5. The Morgan fingerprint density at radius 1 is 0.963 bits per heavy atom. The number of Topliss-reactive ketones (excluding diaryl/α,β-unsaturated/α-hetero) is 1. The molecule has 5 aromatic rings. The summed E-state index contributed by atoms with van der Waals surface area (Å²) in [5, 5.41) is 56.6. The fourth-order valence-electron chi connectivity index (χ4n) is 12.5. The van der Waals surface area contributed by atoms with Gasteiger partial charge < -0.3 is 55.7 Å². The first kappa shape index (κ1) is 57.6. The van der Waals surface area contributed by atoms with Crippen LogP contribution in [0.3, 0.4) is 0 Å². The van der Waals surface area contributed by atoms with Gasteiger partial charge in [0.05, 0.1) is 19.6 Å². The van der Waals surface area contributed by atoms with Crippen molar-refractivity contribution in [3.8, 4) is 29.3 Å². The summed E-state index contributed by atoms with van der Waals surface area (Å²) in [5.41, 5.74) is 14.9. The molecule has 10 bridgehead atoms. The Morgan fingerprint density at radius 3 is 2.58 bits per heavy atom. The van der Waals surface area contributed by atoms with E-state index in [2.05, 4.69) is 90.1 Å². The highest BCUT2D eigenvalue weighted by molar-refractivity contribution is 6.01. The number of phenols is 1. The first-order valence-corrected chi connectivity index (χ1v) is 28.8. The molecule has 8 N–H and O–H groups in total. The van der Waals surface area contributed by atoms with Crippen molar-refractivity contribution in [3.05, 3.63) is 158 Å². The molecule has 6 aliphatic rings. The van der Waals surface area contributed by atoms with Crippen LogP contribution >= 0.6 is 0 Å². The minimum Gasteiger partial charge on any atom is -0.508 e. The maximum Gasteiger partial charge on any atom is 0.192 e. The summed E-state index contributed by atoms with van der Waals surface area (Å²) in [6.45, 7) is 8.68. The second-order valence-electron chi connectivity index (χ2n) is 22.0. The molecular formula is C67H80N4O9. The van der Waals surface area contributed by atoms with Crippen molar-refractivity contribution in [1.29, 1.82) is 0 Å². The number of carbonyl (C=O) groups excluding carboxylic acids is 1. The number of aromatic hydroxyl groups is 1. The number of guanidine groups is 1. The topological polar surface area (TPSA) is 197 Å². The van der Waals surface area contributed by atoms with E-state index < -0.39 is 24.2 Å². The SMILES string of the molecule is CCCNCC1CC(c2cccc(CCOCC)c2)C2C#COC(CC(=O)CCc3ccc(OC)c(c3)OCc3c(C(O)O)cc4c2c(O)cc2c4c3C=CC2C)CC2C=C(O)C1=CC2CCCCc1cccc(NC(N)=NC)c1. The van der Waals surface area contributed by atoms with Crippen molar-refractivity contribution in [1.82, 2.24) is 5.32 Å². The molecule has 11 rings (SSSR count). The number of aliphatic hydroxyl groups excluding tert-OH is 2. The van der Waals surface area contributed by atoms with Crippen LogP contribution in [0.4, 0.5) is 5.69 Å². The number of unbranched alkanes of at least 4 members (excludes halogenated alkanes) is 1. The molecule has 422 valence electrons. The average molecular weight is 1090 g/mol. The smallest absolute Gasteiger partial charge is 0.192 e. The number of rotatable bonds is 17. The van der Waals surface area contributed by atoms with Crippen LogP contribution in [-0.4, -0.2) is 78.7 Å². The third kappa shape index (κ3) is 13.6. The number of nitrogens with one attached hydrogen (secondary N) is 2. The molecule has 13 heteroatoms. The molecule has 0 spiro atoms. The van der Waals surface area contributed by atoms with E-state index in [0.717, 1.165) is 83.1 Å². The van der Waals surface area contributed by atoms with E-state index in [1.807, 2.05) is 55.5 Å². The fraction of sp³-hybridized carbons (Fsp3) is 0.433. The first-order chi connectivity index (χ1) is 38.8. The Hall–Kier alpha value is -7.08. The molecule has 0 amide bonds. The van der Waals surface area contributed by atoms with Crippen molar-refractivity contribution in [2.24, 2.45) is 28.5 Å². The molecular weight excluding hydrogens is 1000 g/mol. The van der Waals surface area contributed by atoms with Crippen LogP contribution in [0.1, 0.15) is 146 Å². The molecule has 0 radical (unpaired) electrons. The molecule has 2 aliphatic carbocycles. The summed E-state index contributed by atoms with van der Waals surface area (Å²) in [5.74, 6) is 3.53. The maximum atomic E-state index is 14.4. The number of aryl methyl sites for hydroxylation is 2. The summed E-state index contributed by atoms with van der Waals surface area (Å²) < 4.78 is 25.0. The van der Waals surface area contributed by atoms with Gasteiger partial charge in [-0.15, -0.1) is 0 Å². The van der Waals surface area contributed by atoms with Gasteiger partial charge in [-0.05, 0) is 169 Å². The van der Waals surface area contributed by atoms with Gasteiger partial charge in [0.15, 0.2) is 23.7 Å². The van der Waals surface area contributed by atoms with Crippen LogP contribution in [0.25, 0.3) is 16.8 Å². The standard InChI is InChI=1S/C67H80N4O9/c1-6-26-70-39-48-34-55(46-16-10-13-43(29-46)24-27-78-7-2)53-25-28-79-51(32-47-35-60(73)56(48)33-45(47)15-9-8-12-42-14-11-17-49(30-42)71-67(68)69-4)36-50(72)21-19-44-20-23-62(77-5)63(31-44)80-40-59-52-22-18-41(3)54-38-61(74)65(53)58(64(52)54)37-57(59)66(75)76/h10-11,13-14,16-18,20,22-23,29-31,33,35,37-38,41,45,47-48,51,53,55,66,70,73-76H,6-9,12,15,19,21,24,26-27,32,34,36,39-40H2,1-5H3,(H3,68,69,71). The average Bonchev–Trinajstić information content (AvgIpc) is 3.48. The van der Waals surface area contributed by atoms with E-state index >= 15 is 0 Å². The Balaban J connectivity index is 1.23. The van der Waals surface area contributed by atoms with Crippen molar-refractivity contribution in [3.63, 3.8) is 0 Å². The molecule has 5 aromatic carbocycles. The number of hydrogen-bond acceptors (Lipinski definition) is 11. The van der Waals surface area contributed by atoms with Gasteiger partial charge in [-0.1, -0.05) is 86.9 Å². The molecule has 80 heavy (non-hydrogen) atoms. The summed E-state index contributed by atoms with van der Waals surface area (Å²) in [6.07, 6.45) is 15.9. The zero-order chi connectivity index (χ0) is 56.3. The number of fused-ring (bicyclic) bond motifs is 8. The third-order valence-electron chi connectivity index (χ3n) is 16.6. The van der Waals surface area contributed by atoms with Crippen molar-refractivity contribution in [2.45, 2.75) is 128 Å². The molecule has 0 aromatic heterocycles. The summed E-state index contributed by atoms with van der Waals surface area (Å²) >= 11 is 0. The number of phenolic OH excluding ortho intramolecular Hbond substituents is 1. The quantitative estimate of drug-likeness (QED) is 0.0153. The van der Waals surface area contributed by atoms with Crippen molar-refractivity contribution < 1.29 is 44.2 Å². The molecule has 4 heterocycles. The van der Waals surface area contributed by atoms with Gasteiger partial charge in [0.1, 0.15) is 36.1 Å². The minimum atomic E-state index is -1.91. The molecule has 7 atom stereocenters.